The van der Waals surface area contributed by atoms with Gasteiger partial charge in [-0.1, -0.05) is 32.4 Å². The number of carbonyl (C=O) groups excluding carboxylic acids is 1. The number of fused-ring (bicyclic) bond motifs is 1. The van der Waals surface area contributed by atoms with Crippen molar-refractivity contribution >= 4 is 17.7 Å². The first kappa shape index (κ1) is 18.5. The monoisotopic (exact) mass is 349 g/mol. The number of aromatic nitrogens is 1. The Morgan fingerprint density at radius 3 is 2.42 bits per heavy atom. The van der Waals surface area contributed by atoms with Gasteiger partial charge >= 0.3 is 6.09 Å². The maximum atomic E-state index is 12.4. The lowest BCUT2D eigenvalue weighted by Gasteiger charge is -2.34. The van der Waals surface area contributed by atoms with Crippen molar-refractivity contribution in [1.82, 2.24) is 9.88 Å². The minimum absolute atomic E-state index is 0.242. The van der Waals surface area contributed by atoms with Gasteiger partial charge in [-0.15, -0.1) is 0 Å². The summed E-state index contributed by atoms with van der Waals surface area (Å²) in [7, 11) is 0. The van der Waals surface area contributed by atoms with Gasteiger partial charge in [-0.3, -0.25) is 0 Å². The number of hydrogen-bond acceptors (Lipinski definition) is 4. The molecular weight excluding hydrogens is 326 g/mol. The topological polar surface area (TPSA) is 66.2 Å². The zero-order valence-corrected chi connectivity index (χ0v) is 15.9. The summed E-state index contributed by atoms with van der Waals surface area (Å²) >= 11 is 6.22. The molecule has 0 aromatic carbocycles. The standard InChI is InChI=1S/C18H24ClN3O2/c1-17(2,3)14-11(9-20)15(19)21-13-7-8-22(10-12(13)14)16(23)24-18(4,5)6/h7-8,10H2,1-6H3. The molecule has 1 aliphatic heterocycles. The summed E-state index contributed by atoms with van der Waals surface area (Å²) in [6, 6.07) is 2.17. The Labute approximate surface area is 148 Å². The minimum atomic E-state index is -0.541. The van der Waals surface area contributed by atoms with E-state index in [0.29, 0.717) is 25.1 Å². The highest BCUT2D eigenvalue weighted by Crippen LogP contribution is 2.36. The molecule has 2 rings (SSSR count). The molecule has 0 fully saturated rings. The lowest BCUT2D eigenvalue weighted by atomic mass is 9.79. The van der Waals surface area contributed by atoms with E-state index in [4.69, 9.17) is 16.3 Å². The Morgan fingerprint density at radius 2 is 1.92 bits per heavy atom. The molecule has 130 valence electrons. The van der Waals surface area contributed by atoms with Gasteiger partial charge in [0.2, 0.25) is 0 Å². The number of rotatable bonds is 0. The van der Waals surface area contributed by atoms with Crippen LogP contribution in [0.25, 0.3) is 0 Å². The quantitative estimate of drug-likeness (QED) is 0.658. The fraction of sp³-hybridized carbons (Fsp3) is 0.611. The third kappa shape index (κ3) is 3.81. The summed E-state index contributed by atoms with van der Waals surface area (Å²) in [6.07, 6.45) is 0.254. The van der Waals surface area contributed by atoms with Crippen molar-refractivity contribution in [3.63, 3.8) is 0 Å². The maximum absolute atomic E-state index is 12.4. The molecule has 0 bridgehead atoms. The lowest BCUT2D eigenvalue weighted by molar-refractivity contribution is 0.0221. The van der Waals surface area contributed by atoms with E-state index in [9.17, 15) is 10.1 Å². The molecule has 1 aromatic rings. The second kappa shape index (κ2) is 6.25. The zero-order valence-electron chi connectivity index (χ0n) is 15.2. The highest BCUT2D eigenvalue weighted by Gasteiger charge is 2.33. The highest BCUT2D eigenvalue weighted by atomic mass is 35.5. The Kier molecular flexibility index (Phi) is 4.83. The van der Waals surface area contributed by atoms with Crippen LogP contribution in [0.2, 0.25) is 5.15 Å². The van der Waals surface area contributed by atoms with E-state index in [2.05, 4.69) is 11.1 Å². The van der Waals surface area contributed by atoms with E-state index in [1.807, 2.05) is 41.5 Å². The maximum Gasteiger partial charge on any atom is 0.410 e. The molecule has 0 unspecified atom stereocenters. The number of pyridine rings is 1. The van der Waals surface area contributed by atoms with Gasteiger partial charge in [-0.25, -0.2) is 9.78 Å². The lowest BCUT2D eigenvalue weighted by Crippen LogP contribution is -2.41. The predicted molar refractivity (Wildman–Crippen MR) is 93.0 cm³/mol. The molecule has 0 saturated carbocycles. The van der Waals surface area contributed by atoms with E-state index in [-0.39, 0.29) is 16.7 Å². The van der Waals surface area contributed by atoms with Crippen LogP contribution in [0.1, 0.15) is 63.9 Å². The number of nitrogens with zero attached hydrogens (tertiary/aromatic N) is 3. The van der Waals surface area contributed by atoms with Gasteiger partial charge in [0.15, 0.2) is 0 Å². The smallest absolute Gasteiger partial charge is 0.410 e. The largest absolute Gasteiger partial charge is 0.444 e. The Balaban J connectivity index is 2.47. The van der Waals surface area contributed by atoms with Crippen LogP contribution in [0, 0.1) is 11.3 Å². The van der Waals surface area contributed by atoms with Crippen molar-refractivity contribution in [2.24, 2.45) is 0 Å². The van der Waals surface area contributed by atoms with Crippen LogP contribution in [0.5, 0.6) is 0 Å². The molecular formula is C18H24ClN3O2. The number of carbonyl (C=O) groups is 1. The van der Waals surface area contributed by atoms with Gasteiger partial charge in [-0.2, -0.15) is 5.26 Å². The Bertz CT molecular complexity index is 709. The summed E-state index contributed by atoms with van der Waals surface area (Å²) in [5, 5.41) is 9.75. The van der Waals surface area contributed by atoms with Crippen LogP contribution in [0.15, 0.2) is 0 Å². The SMILES string of the molecule is CC(C)(C)OC(=O)N1CCc2nc(Cl)c(C#N)c(C(C)(C)C)c2C1. The molecule has 1 amide bonds. The predicted octanol–water partition coefficient (Wildman–Crippen LogP) is 4.20. The van der Waals surface area contributed by atoms with E-state index in [1.54, 1.807) is 4.90 Å². The number of nitriles is 1. The molecule has 0 atom stereocenters. The molecule has 0 saturated heterocycles. The number of amides is 1. The van der Waals surface area contributed by atoms with Crippen LogP contribution in [0.3, 0.4) is 0 Å². The average Bonchev–Trinajstić information content (AvgIpc) is 2.42. The van der Waals surface area contributed by atoms with Crippen LogP contribution < -0.4 is 0 Å². The third-order valence-corrected chi connectivity index (χ3v) is 4.09. The van der Waals surface area contributed by atoms with Crippen LogP contribution in [-0.2, 0) is 23.1 Å². The van der Waals surface area contributed by atoms with Gasteiger partial charge < -0.3 is 9.64 Å². The van der Waals surface area contributed by atoms with Crippen molar-refractivity contribution in [2.75, 3.05) is 6.54 Å². The molecule has 0 radical (unpaired) electrons. The molecule has 6 heteroatoms. The summed E-state index contributed by atoms with van der Waals surface area (Å²) in [5.41, 5.74) is 2.23. The van der Waals surface area contributed by atoms with Crippen LogP contribution in [-0.4, -0.2) is 28.1 Å². The van der Waals surface area contributed by atoms with Gasteiger partial charge in [0, 0.05) is 18.7 Å². The van der Waals surface area contributed by atoms with Crippen molar-refractivity contribution in [1.29, 1.82) is 5.26 Å². The molecule has 24 heavy (non-hydrogen) atoms. The van der Waals surface area contributed by atoms with Crippen molar-refractivity contribution in [2.45, 2.75) is 65.5 Å². The molecule has 0 N–H and O–H groups in total. The molecule has 1 aromatic heterocycles. The van der Waals surface area contributed by atoms with Gasteiger partial charge in [0.1, 0.15) is 16.8 Å². The first-order valence-corrected chi connectivity index (χ1v) is 8.41. The highest BCUT2D eigenvalue weighted by molar-refractivity contribution is 6.30. The van der Waals surface area contributed by atoms with Crippen molar-refractivity contribution in [3.05, 3.63) is 27.5 Å². The fourth-order valence-corrected chi connectivity index (χ4v) is 3.18. The van der Waals surface area contributed by atoms with E-state index in [0.717, 1.165) is 16.8 Å². The van der Waals surface area contributed by atoms with E-state index >= 15 is 0 Å². The minimum Gasteiger partial charge on any atom is -0.444 e. The second-order valence-electron chi connectivity index (χ2n) is 8.09. The second-order valence-corrected chi connectivity index (χ2v) is 8.45. The zero-order chi connectivity index (χ0) is 18.3. The van der Waals surface area contributed by atoms with Gasteiger partial charge in [0.25, 0.3) is 0 Å². The normalized spacial score (nSPS) is 14.8. The third-order valence-electron chi connectivity index (χ3n) is 3.82. The van der Waals surface area contributed by atoms with E-state index < -0.39 is 5.60 Å². The number of hydrogen-bond donors (Lipinski definition) is 0. The van der Waals surface area contributed by atoms with Gasteiger partial charge in [0.05, 0.1) is 12.1 Å². The molecule has 2 heterocycles. The van der Waals surface area contributed by atoms with Crippen LogP contribution in [0.4, 0.5) is 4.79 Å². The molecule has 1 aliphatic rings. The number of halogens is 1. The summed E-state index contributed by atoms with van der Waals surface area (Å²) < 4.78 is 5.47. The first-order valence-electron chi connectivity index (χ1n) is 8.04. The average molecular weight is 350 g/mol. The Morgan fingerprint density at radius 1 is 1.29 bits per heavy atom. The van der Waals surface area contributed by atoms with Crippen molar-refractivity contribution < 1.29 is 9.53 Å². The summed E-state index contributed by atoms with van der Waals surface area (Å²) in [5.74, 6) is 0. The van der Waals surface area contributed by atoms with Gasteiger partial charge in [-0.05, 0) is 37.3 Å². The van der Waals surface area contributed by atoms with E-state index in [1.165, 1.54) is 0 Å². The molecule has 5 nitrogen and oxygen atoms in total. The molecule has 0 spiro atoms. The number of ether oxygens (including phenoxy) is 1. The summed E-state index contributed by atoms with van der Waals surface area (Å²) in [4.78, 5) is 18.5. The fourth-order valence-electron chi connectivity index (χ4n) is 2.94. The van der Waals surface area contributed by atoms with Crippen LogP contribution >= 0.6 is 11.6 Å². The molecule has 0 aliphatic carbocycles. The van der Waals surface area contributed by atoms with Crippen molar-refractivity contribution in [3.8, 4) is 6.07 Å². The first-order chi connectivity index (χ1) is 10.9. The Hall–Kier alpha value is -1.80. The summed E-state index contributed by atoms with van der Waals surface area (Å²) in [6.45, 7) is 12.6.